The summed E-state index contributed by atoms with van der Waals surface area (Å²) in [4.78, 5) is 36.9. The molecule has 2 unspecified atom stereocenters. The van der Waals surface area contributed by atoms with Crippen LogP contribution < -0.4 is 10.6 Å². The third-order valence-electron chi connectivity index (χ3n) is 2.92. The molecule has 1 aliphatic rings. The summed E-state index contributed by atoms with van der Waals surface area (Å²) in [5.74, 6) is -0.686. The first kappa shape index (κ1) is 16.8. The van der Waals surface area contributed by atoms with Crippen LogP contribution >= 0.6 is 12.6 Å². The van der Waals surface area contributed by atoms with Crippen LogP contribution in [0.5, 0.6) is 0 Å². The number of hydrogen-bond donors (Lipinski definition) is 3. The predicted octanol–water partition coefficient (Wildman–Crippen LogP) is -1.22. The van der Waals surface area contributed by atoms with Gasteiger partial charge in [-0.1, -0.05) is 0 Å². The Morgan fingerprint density at radius 3 is 2.70 bits per heavy atom. The van der Waals surface area contributed by atoms with Crippen LogP contribution in [-0.2, 0) is 19.1 Å². The first-order chi connectivity index (χ1) is 9.51. The van der Waals surface area contributed by atoms with Crippen molar-refractivity contribution in [3.8, 4) is 0 Å². The lowest BCUT2D eigenvalue weighted by Crippen LogP contribution is -2.60. The number of morpholine rings is 1. The van der Waals surface area contributed by atoms with Crippen LogP contribution in [0.25, 0.3) is 0 Å². The Morgan fingerprint density at radius 1 is 1.45 bits per heavy atom. The van der Waals surface area contributed by atoms with E-state index in [0.717, 1.165) is 0 Å². The summed E-state index contributed by atoms with van der Waals surface area (Å²) in [5, 5.41) is 5.22. The topological polar surface area (TPSA) is 87.7 Å². The van der Waals surface area contributed by atoms with Crippen LogP contribution in [0, 0.1) is 0 Å². The maximum Gasteiger partial charge on any atom is 0.246 e. The fourth-order valence-electron chi connectivity index (χ4n) is 2.01. The molecule has 1 aliphatic heterocycles. The number of rotatable bonds is 5. The molecular weight excluding hydrogens is 282 g/mol. The summed E-state index contributed by atoms with van der Waals surface area (Å²) >= 11 is 4.08. The molecule has 0 aromatic rings. The lowest BCUT2D eigenvalue weighted by atomic mass is 10.1. The van der Waals surface area contributed by atoms with E-state index in [4.69, 9.17) is 4.74 Å². The fourth-order valence-corrected chi connectivity index (χ4v) is 2.26. The molecule has 7 nitrogen and oxygen atoms in total. The van der Waals surface area contributed by atoms with Gasteiger partial charge in [-0.2, -0.15) is 12.6 Å². The normalized spacial score (nSPS) is 20.1. The molecule has 0 radical (unpaired) electrons. The van der Waals surface area contributed by atoms with Crippen molar-refractivity contribution in [2.24, 2.45) is 0 Å². The maximum atomic E-state index is 12.4. The molecule has 2 atom stereocenters. The van der Waals surface area contributed by atoms with Crippen molar-refractivity contribution >= 4 is 30.4 Å². The molecular formula is C12H21N3O4S. The Bertz CT molecular complexity index is 378. The largest absolute Gasteiger partial charge is 0.377 e. The standard InChI is InChI=1S/C12H21N3O4S/c1-3-13-11(17)10-6-19-5-4-15(10)12(18)9(7-20)14-8(2)16/h9-10,20H,3-7H2,1-2H3,(H,13,17)(H,14,16). The molecule has 3 amide bonds. The van der Waals surface area contributed by atoms with E-state index in [1.54, 1.807) is 0 Å². The number of carbonyl (C=O) groups is 3. The number of likely N-dealkylation sites (N-methyl/N-ethyl adjacent to an activating group) is 1. The van der Waals surface area contributed by atoms with E-state index in [0.29, 0.717) is 19.7 Å². The van der Waals surface area contributed by atoms with E-state index >= 15 is 0 Å². The fraction of sp³-hybridized carbons (Fsp3) is 0.750. The van der Waals surface area contributed by atoms with E-state index < -0.39 is 12.1 Å². The van der Waals surface area contributed by atoms with Crippen LogP contribution in [-0.4, -0.2) is 66.8 Å². The molecule has 1 rings (SSSR count). The molecule has 0 aromatic heterocycles. The van der Waals surface area contributed by atoms with Gasteiger partial charge < -0.3 is 20.3 Å². The zero-order chi connectivity index (χ0) is 15.1. The zero-order valence-electron chi connectivity index (χ0n) is 11.7. The van der Waals surface area contributed by atoms with Gasteiger partial charge >= 0.3 is 0 Å². The molecule has 0 aromatic carbocycles. The second-order valence-electron chi connectivity index (χ2n) is 4.45. The number of nitrogens with zero attached hydrogens (tertiary/aromatic N) is 1. The van der Waals surface area contributed by atoms with Gasteiger partial charge in [-0.05, 0) is 6.92 Å². The van der Waals surface area contributed by atoms with Gasteiger partial charge in [0.25, 0.3) is 0 Å². The van der Waals surface area contributed by atoms with Crippen molar-refractivity contribution in [3.05, 3.63) is 0 Å². The highest BCUT2D eigenvalue weighted by atomic mass is 32.1. The van der Waals surface area contributed by atoms with Crippen molar-refractivity contribution in [3.63, 3.8) is 0 Å². The van der Waals surface area contributed by atoms with Crippen LogP contribution in [0.2, 0.25) is 0 Å². The summed E-state index contributed by atoms with van der Waals surface area (Å²) in [6.45, 7) is 4.49. The smallest absolute Gasteiger partial charge is 0.246 e. The van der Waals surface area contributed by atoms with Crippen molar-refractivity contribution in [2.45, 2.75) is 25.9 Å². The second kappa shape index (κ2) is 8.11. The van der Waals surface area contributed by atoms with Gasteiger partial charge in [0.05, 0.1) is 13.2 Å². The number of nitrogens with one attached hydrogen (secondary N) is 2. The summed E-state index contributed by atoms with van der Waals surface area (Å²) in [5.41, 5.74) is 0. The Kier molecular flexibility index (Phi) is 6.80. The number of thiol groups is 1. The van der Waals surface area contributed by atoms with Crippen molar-refractivity contribution in [1.82, 2.24) is 15.5 Å². The summed E-state index contributed by atoms with van der Waals surface area (Å²) in [7, 11) is 0. The Morgan fingerprint density at radius 2 is 2.15 bits per heavy atom. The first-order valence-corrected chi connectivity index (χ1v) is 7.18. The third-order valence-corrected chi connectivity index (χ3v) is 3.29. The van der Waals surface area contributed by atoms with Crippen LogP contribution in [0.1, 0.15) is 13.8 Å². The molecule has 0 spiro atoms. The predicted molar refractivity (Wildman–Crippen MR) is 76.5 cm³/mol. The summed E-state index contributed by atoms with van der Waals surface area (Å²) in [6.07, 6.45) is 0. The molecule has 114 valence electrons. The van der Waals surface area contributed by atoms with Gasteiger partial charge in [-0.3, -0.25) is 14.4 Å². The van der Waals surface area contributed by atoms with Gasteiger partial charge in [0, 0.05) is 25.8 Å². The van der Waals surface area contributed by atoms with Gasteiger partial charge in [0.2, 0.25) is 17.7 Å². The second-order valence-corrected chi connectivity index (χ2v) is 4.82. The molecule has 20 heavy (non-hydrogen) atoms. The molecule has 1 heterocycles. The minimum Gasteiger partial charge on any atom is -0.377 e. The Labute approximate surface area is 123 Å². The molecule has 0 saturated carbocycles. The summed E-state index contributed by atoms with van der Waals surface area (Å²) < 4.78 is 5.26. The average Bonchev–Trinajstić information content (AvgIpc) is 2.44. The van der Waals surface area contributed by atoms with Crippen molar-refractivity contribution in [2.75, 3.05) is 32.1 Å². The number of hydrogen-bond acceptors (Lipinski definition) is 5. The van der Waals surface area contributed by atoms with Gasteiger partial charge in [-0.15, -0.1) is 0 Å². The van der Waals surface area contributed by atoms with Crippen molar-refractivity contribution in [1.29, 1.82) is 0 Å². The van der Waals surface area contributed by atoms with Gasteiger partial charge in [-0.25, -0.2) is 0 Å². The Hall–Kier alpha value is -1.28. The minimum absolute atomic E-state index is 0.164. The minimum atomic E-state index is -0.731. The van der Waals surface area contributed by atoms with Crippen LogP contribution in [0.15, 0.2) is 0 Å². The van der Waals surface area contributed by atoms with E-state index in [9.17, 15) is 14.4 Å². The van der Waals surface area contributed by atoms with Crippen LogP contribution in [0.4, 0.5) is 0 Å². The quantitative estimate of drug-likeness (QED) is 0.556. The van der Waals surface area contributed by atoms with Crippen molar-refractivity contribution < 1.29 is 19.1 Å². The molecule has 8 heteroatoms. The number of carbonyl (C=O) groups excluding carboxylic acids is 3. The molecule has 0 aliphatic carbocycles. The third kappa shape index (κ3) is 4.38. The zero-order valence-corrected chi connectivity index (χ0v) is 12.6. The van der Waals surface area contributed by atoms with E-state index in [1.807, 2.05) is 6.92 Å². The maximum absolute atomic E-state index is 12.4. The van der Waals surface area contributed by atoms with Gasteiger partial charge in [0.15, 0.2) is 0 Å². The highest BCUT2D eigenvalue weighted by Crippen LogP contribution is 2.10. The highest BCUT2D eigenvalue weighted by Gasteiger charge is 2.35. The SMILES string of the molecule is CCNC(=O)C1COCCN1C(=O)C(CS)NC(C)=O. The first-order valence-electron chi connectivity index (χ1n) is 6.55. The lowest BCUT2D eigenvalue weighted by molar-refractivity contribution is -0.150. The Balaban J connectivity index is 2.80. The monoisotopic (exact) mass is 303 g/mol. The molecule has 1 saturated heterocycles. The molecule has 1 fully saturated rings. The van der Waals surface area contributed by atoms with E-state index in [-0.39, 0.29) is 30.1 Å². The number of amides is 3. The van der Waals surface area contributed by atoms with Gasteiger partial charge in [0.1, 0.15) is 12.1 Å². The van der Waals surface area contributed by atoms with Crippen LogP contribution in [0.3, 0.4) is 0 Å². The van der Waals surface area contributed by atoms with E-state index in [2.05, 4.69) is 23.3 Å². The lowest BCUT2D eigenvalue weighted by Gasteiger charge is -2.36. The van der Waals surface area contributed by atoms with E-state index in [1.165, 1.54) is 11.8 Å². The number of ether oxygens (including phenoxy) is 1. The summed E-state index contributed by atoms with van der Waals surface area (Å²) in [6, 6.07) is -1.39. The molecule has 2 N–H and O–H groups in total. The molecule has 0 bridgehead atoms. The average molecular weight is 303 g/mol. The highest BCUT2D eigenvalue weighted by molar-refractivity contribution is 7.80.